The predicted molar refractivity (Wildman–Crippen MR) is 125 cm³/mol. The van der Waals surface area contributed by atoms with Crippen molar-refractivity contribution < 1.29 is 14.3 Å². The van der Waals surface area contributed by atoms with E-state index in [0.717, 1.165) is 5.56 Å². The summed E-state index contributed by atoms with van der Waals surface area (Å²) < 4.78 is 7.56. The molecule has 2 aromatic carbocycles. The summed E-state index contributed by atoms with van der Waals surface area (Å²) in [6, 6.07) is 12.3. The zero-order valence-corrected chi connectivity index (χ0v) is 19.4. The molecular weight excluding hydrogens is 498 g/mol. The quantitative estimate of drug-likeness (QED) is 0.483. The highest BCUT2D eigenvalue weighted by molar-refractivity contribution is 9.10. The van der Waals surface area contributed by atoms with E-state index >= 15 is 0 Å². The number of esters is 1. The molecule has 166 valence electrons. The molecule has 0 amide bonds. The normalized spacial score (nSPS) is 18.1. The molecule has 1 N–H and O–H groups in total. The van der Waals surface area contributed by atoms with Gasteiger partial charge in [-0.1, -0.05) is 41.9 Å². The predicted octanol–water partition coefficient (Wildman–Crippen LogP) is 3.29. The van der Waals surface area contributed by atoms with Crippen LogP contribution >= 0.6 is 27.5 Å². The second-order valence-electron chi connectivity index (χ2n) is 7.74. The Morgan fingerprint density at radius 3 is 2.81 bits per heavy atom. The number of aromatic nitrogens is 2. The zero-order valence-electron chi connectivity index (χ0n) is 17.1. The van der Waals surface area contributed by atoms with Crippen molar-refractivity contribution in [3.63, 3.8) is 0 Å². The average Bonchev–Trinajstić information content (AvgIpc) is 3.18. The standard InChI is InChI=1S/C23H21BrClN3O4/c24-17-11-19-16(10-18(17)25)23(31)28(13-27-19)12-15(29)9-20-21(6-7-26-20)32-22(30)8-14-4-2-1-3-5-14/h1-5,10-11,13,20-21,26H,6-9,12H2/t20-,21+/m1/s1. The summed E-state index contributed by atoms with van der Waals surface area (Å²) in [5.41, 5.74) is 1.05. The Balaban J connectivity index is 1.39. The number of Topliss-reactive ketones (excluding diaryl/α,β-unsaturated/α-hetero) is 1. The maximum Gasteiger partial charge on any atom is 0.310 e. The summed E-state index contributed by atoms with van der Waals surface area (Å²) in [4.78, 5) is 42.0. The van der Waals surface area contributed by atoms with Gasteiger partial charge in [-0.05, 0) is 46.6 Å². The molecular formula is C23H21BrClN3O4. The van der Waals surface area contributed by atoms with Crippen LogP contribution in [0.2, 0.25) is 5.02 Å². The van der Waals surface area contributed by atoms with Gasteiger partial charge < -0.3 is 10.1 Å². The number of hydrogen-bond donors (Lipinski definition) is 1. The molecule has 0 radical (unpaired) electrons. The van der Waals surface area contributed by atoms with E-state index in [2.05, 4.69) is 26.2 Å². The number of fused-ring (bicyclic) bond motifs is 1. The molecule has 0 spiro atoms. The van der Waals surface area contributed by atoms with E-state index in [4.69, 9.17) is 16.3 Å². The molecule has 1 aliphatic heterocycles. The first-order valence-corrected chi connectivity index (χ1v) is 11.4. The van der Waals surface area contributed by atoms with Crippen molar-refractivity contribution in [1.29, 1.82) is 0 Å². The highest BCUT2D eigenvalue weighted by Gasteiger charge is 2.31. The molecule has 1 fully saturated rings. The molecule has 2 atom stereocenters. The van der Waals surface area contributed by atoms with Gasteiger partial charge in [0.15, 0.2) is 5.78 Å². The lowest BCUT2D eigenvalue weighted by molar-refractivity contribution is -0.149. The fraction of sp³-hybridized carbons (Fsp3) is 0.304. The van der Waals surface area contributed by atoms with Gasteiger partial charge in [0, 0.05) is 10.9 Å². The molecule has 1 saturated heterocycles. The van der Waals surface area contributed by atoms with Crippen LogP contribution in [0.1, 0.15) is 18.4 Å². The van der Waals surface area contributed by atoms with E-state index < -0.39 is 0 Å². The highest BCUT2D eigenvalue weighted by atomic mass is 79.9. The van der Waals surface area contributed by atoms with Gasteiger partial charge in [0.25, 0.3) is 5.56 Å². The number of ether oxygens (including phenoxy) is 1. The summed E-state index contributed by atoms with van der Waals surface area (Å²) in [6.07, 6.45) is 1.97. The van der Waals surface area contributed by atoms with Gasteiger partial charge >= 0.3 is 5.97 Å². The molecule has 9 heteroatoms. The number of benzene rings is 2. The first kappa shape index (κ1) is 22.6. The molecule has 3 aromatic rings. The van der Waals surface area contributed by atoms with Crippen molar-refractivity contribution in [3.05, 3.63) is 74.2 Å². The summed E-state index contributed by atoms with van der Waals surface area (Å²) in [5.74, 6) is -0.472. The van der Waals surface area contributed by atoms with Crippen molar-refractivity contribution in [3.8, 4) is 0 Å². The molecule has 0 bridgehead atoms. The van der Waals surface area contributed by atoms with Crippen LogP contribution in [0.25, 0.3) is 10.9 Å². The maximum atomic E-state index is 12.8. The van der Waals surface area contributed by atoms with Crippen LogP contribution in [0.5, 0.6) is 0 Å². The monoisotopic (exact) mass is 517 g/mol. The van der Waals surface area contributed by atoms with Gasteiger partial charge in [-0.25, -0.2) is 4.98 Å². The maximum absolute atomic E-state index is 12.8. The van der Waals surface area contributed by atoms with Crippen LogP contribution in [0.3, 0.4) is 0 Å². The first-order valence-electron chi connectivity index (χ1n) is 10.2. The summed E-state index contributed by atoms with van der Waals surface area (Å²) >= 11 is 9.41. The largest absolute Gasteiger partial charge is 0.460 e. The average molecular weight is 519 g/mol. The van der Waals surface area contributed by atoms with Crippen LogP contribution < -0.4 is 10.9 Å². The zero-order chi connectivity index (χ0) is 22.7. The van der Waals surface area contributed by atoms with Crippen LogP contribution in [-0.4, -0.2) is 40.0 Å². The van der Waals surface area contributed by atoms with Crippen molar-refractivity contribution in [1.82, 2.24) is 14.9 Å². The Bertz CT molecular complexity index is 1220. The summed E-state index contributed by atoms with van der Waals surface area (Å²) in [7, 11) is 0. The van der Waals surface area contributed by atoms with E-state index in [9.17, 15) is 14.4 Å². The number of ketones is 1. The summed E-state index contributed by atoms with van der Waals surface area (Å²) in [5, 5.41) is 3.97. The molecule has 0 saturated carbocycles. The van der Waals surface area contributed by atoms with Crippen LogP contribution in [0.15, 0.2) is 58.1 Å². The van der Waals surface area contributed by atoms with E-state index in [-0.39, 0.29) is 48.8 Å². The molecule has 0 aliphatic carbocycles. The Kier molecular flexibility index (Phi) is 7.03. The van der Waals surface area contributed by atoms with Gasteiger partial charge in [-0.2, -0.15) is 0 Å². The SMILES string of the molecule is O=C(C[C@H]1NCC[C@@H]1OC(=O)Cc1ccccc1)Cn1cnc2cc(Br)c(Cl)cc2c1=O. The fourth-order valence-corrected chi connectivity index (χ4v) is 4.32. The molecule has 32 heavy (non-hydrogen) atoms. The molecule has 0 unspecified atom stereocenters. The third kappa shape index (κ3) is 5.26. The smallest absolute Gasteiger partial charge is 0.310 e. The molecule has 4 rings (SSSR count). The number of carbonyl (C=O) groups excluding carboxylic acids is 2. The van der Waals surface area contributed by atoms with Gasteiger partial charge in [0.2, 0.25) is 0 Å². The van der Waals surface area contributed by atoms with Gasteiger partial charge in [-0.3, -0.25) is 19.0 Å². The van der Waals surface area contributed by atoms with Crippen molar-refractivity contribution in [2.75, 3.05) is 6.54 Å². The number of nitrogens with one attached hydrogen (secondary N) is 1. The Labute approximate surface area is 197 Å². The number of halogens is 2. The Morgan fingerprint density at radius 2 is 2.03 bits per heavy atom. The summed E-state index contributed by atoms with van der Waals surface area (Å²) in [6.45, 7) is 0.546. The van der Waals surface area contributed by atoms with Crippen LogP contribution in [0, 0.1) is 0 Å². The fourth-order valence-electron chi connectivity index (χ4n) is 3.83. The van der Waals surface area contributed by atoms with Gasteiger partial charge in [0.1, 0.15) is 6.10 Å². The molecule has 2 heterocycles. The second-order valence-corrected chi connectivity index (χ2v) is 9.01. The molecule has 7 nitrogen and oxygen atoms in total. The van der Waals surface area contributed by atoms with Crippen molar-refractivity contribution >= 4 is 50.2 Å². The second kappa shape index (κ2) is 9.94. The minimum Gasteiger partial charge on any atom is -0.460 e. The minimum absolute atomic E-state index is 0.113. The van der Waals surface area contributed by atoms with E-state index in [1.54, 1.807) is 6.07 Å². The molecule has 1 aromatic heterocycles. The Hall–Kier alpha value is -2.55. The van der Waals surface area contributed by atoms with Gasteiger partial charge in [-0.15, -0.1) is 0 Å². The van der Waals surface area contributed by atoms with Crippen molar-refractivity contribution in [2.45, 2.75) is 38.0 Å². The third-order valence-corrected chi connectivity index (χ3v) is 6.62. The van der Waals surface area contributed by atoms with E-state index in [1.807, 2.05) is 30.3 Å². The third-order valence-electron chi connectivity index (χ3n) is 5.42. The number of nitrogens with zero attached hydrogens (tertiary/aromatic N) is 2. The first-order chi connectivity index (χ1) is 15.4. The lowest BCUT2D eigenvalue weighted by Crippen LogP contribution is -2.37. The number of hydrogen-bond acceptors (Lipinski definition) is 6. The topological polar surface area (TPSA) is 90.3 Å². The van der Waals surface area contributed by atoms with E-state index in [0.29, 0.717) is 33.4 Å². The number of rotatable bonds is 7. The minimum atomic E-state index is -0.377. The highest BCUT2D eigenvalue weighted by Crippen LogP contribution is 2.25. The van der Waals surface area contributed by atoms with Crippen LogP contribution in [-0.2, 0) is 27.3 Å². The lowest BCUT2D eigenvalue weighted by Gasteiger charge is -2.20. The van der Waals surface area contributed by atoms with Crippen molar-refractivity contribution in [2.24, 2.45) is 0 Å². The number of carbonyl (C=O) groups is 2. The lowest BCUT2D eigenvalue weighted by atomic mass is 10.1. The molecule has 1 aliphatic rings. The van der Waals surface area contributed by atoms with E-state index in [1.165, 1.54) is 17.0 Å². The Morgan fingerprint density at radius 1 is 1.25 bits per heavy atom. The van der Waals surface area contributed by atoms with Gasteiger partial charge in [0.05, 0.1) is 41.3 Å². The van der Waals surface area contributed by atoms with Crippen LogP contribution in [0.4, 0.5) is 0 Å².